The molecule has 0 aliphatic heterocycles. The molecule has 0 fully saturated rings. The number of halogens is 2. The van der Waals surface area contributed by atoms with Crippen molar-refractivity contribution in [3.05, 3.63) is 35.4 Å². The Bertz CT molecular complexity index is 307. The molecule has 1 aromatic carbocycles. The minimum Gasteiger partial charge on any atom is -0.271 e. The summed E-state index contributed by atoms with van der Waals surface area (Å²) in [4.78, 5) is 0. The normalized spacial score (nSPS) is 12.9. The molecule has 78 valence electrons. The molecule has 2 nitrogen and oxygen atoms in total. The highest BCUT2D eigenvalue weighted by molar-refractivity contribution is 7.98. The molecule has 0 aromatic heterocycles. The molecule has 0 aliphatic carbocycles. The summed E-state index contributed by atoms with van der Waals surface area (Å²) in [6.45, 7) is 0. The predicted molar refractivity (Wildman–Crippen MR) is 54.8 cm³/mol. The molecule has 0 radical (unpaired) electrons. The number of hydrogen-bond acceptors (Lipinski definition) is 3. The number of nitrogens with one attached hydrogen (secondary N) is 1. The molecule has 0 spiro atoms. The van der Waals surface area contributed by atoms with E-state index in [4.69, 9.17) is 5.84 Å². The number of hydrogen-bond donors (Lipinski definition) is 2. The maximum Gasteiger partial charge on any atom is 0.159 e. The summed E-state index contributed by atoms with van der Waals surface area (Å²) in [5.41, 5.74) is 3.21. The molecule has 0 saturated heterocycles. The summed E-state index contributed by atoms with van der Waals surface area (Å²) in [5, 5.41) is 0. The third-order valence-electron chi connectivity index (χ3n) is 1.88. The fourth-order valence-corrected chi connectivity index (χ4v) is 1.76. The second-order valence-corrected chi connectivity index (χ2v) is 3.76. The number of thioether (sulfide) groups is 1. The van der Waals surface area contributed by atoms with E-state index in [0.717, 1.165) is 12.1 Å². The lowest BCUT2D eigenvalue weighted by Crippen LogP contribution is -2.29. The van der Waals surface area contributed by atoms with Gasteiger partial charge in [0.2, 0.25) is 0 Å². The summed E-state index contributed by atoms with van der Waals surface area (Å²) in [5.74, 6) is 4.33. The number of benzene rings is 1. The van der Waals surface area contributed by atoms with E-state index in [1.54, 1.807) is 11.8 Å². The van der Waals surface area contributed by atoms with Gasteiger partial charge in [-0.2, -0.15) is 11.8 Å². The van der Waals surface area contributed by atoms with Gasteiger partial charge in [-0.1, -0.05) is 6.07 Å². The van der Waals surface area contributed by atoms with Crippen LogP contribution in [0.5, 0.6) is 0 Å². The van der Waals surface area contributed by atoms with Crippen LogP contribution in [0.4, 0.5) is 8.78 Å². The first-order valence-electron chi connectivity index (χ1n) is 4.09. The lowest BCUT2D eigenvalue weighted by Gasteiger charge is -2.14. The van der Waals surface area contributed by atoms with Crippen molar-refractivity contribution in [3.63, 3.8) is 0 Å². The second-order valence-electron chi connectivity index (χ2n) is 2.85. The fraction of sp³-hybridized carbons (Fsp3) is 0.333. The maximum atomic E-state index is 12.9. The summed E-state index contributed by atoms with van der Waals surface area (Å²) >= 11 is 1.58. The highest BCUT2D eigenvalue weighted by atomic mass is 32.2. The Balaban J connectivity index is 2.88. The van der Waals surface area contributed by atoms with Gasteiger partial charge in [-0.25, -0.2) is 8.78 Å². The Labute approximate surface area is 85.8 Å². The summed E-state index contributed by atoms with van der Waals surface area (Å²) < 4.78 is 25.5. The Kier molecular flexibility index (Phi) is 4.31. The van der Waals surface area contributed by atoms with Gasteiger partial charge in [0.15, 0.2) is 11.6 Å². The highest BCUT2D eigenvalue weighted by Gasteiger charge is 2.11. The van der Waals surface area contributed by atoms with E-state index in [1.165, 1.54) is 6.07 Å². The van der Waals surface area contributed by atoms with Crippen molar-refractivity contribution in [1.82, 2.24) is 5.43 Å². The van der Waals surface area contributed by atoms with E-state index >= 15 is 0 Å². The van der Waals surface area contributed by atoms with Crippen LogP contribution in [0.3, 0.4) is 0 Å². The average Bonchev–Trinajstić information content (AvgIpc) is 2.19. The van der Waals surface area contributed by atoms with Crippen molar-refractivity contribution in [3.8, 4) is 0 Å². The zero-order valence-corrected chi connectivity index (χ0v) is 8.57. The zero-order valence-electron chi connectivity index (χ0n) is 7.76. The molecule has 1 atom stereocenters. The van der Waals surface area contributed by atoms with Crippen molar-refractivity contribution in [2.45, 2.75) is 6.04 Å². The van der Waals surface area contributed by atoms with Gasteiger partial charge in [-0.05, 0) is 24.0 Å². The first kappa shape index (κ1) is 11.4. The van der Waals surface area contributed by atoms with Crippen LogP contribution < -0.4 is 11.3 Å². The number of hydrazine groups is 1. The SMILES string of the molecule is CSCC(NN)c1ccc(F)c(F)c1. The number of rotatable bonds is 4. The third-order valence-corrected chi connectivity index (χ3v) is 2.55. The summed E-state index contributed by atoms with van der Waals surface area (Å²) in [6.07, 6.45) is 1.92. The van der Waals surface area contributed by atoms with Gasteiger partial charge in [-0.3, -0.25) is 11.3 Å². The van der Waals surface area contributed by atoms with Crippen LogP contribution in [0, 0.1) is 11.6 Å². The highest BCUT2D eigenvalue weighted by Crippen LogP contribution is 2.18. The van der Waals surface area contributed by atoms with Crippen LogP contribution in [-0.2, 0) is 0 Å². The van der Waals surface area contributed by atoms with E-state index in [1.807, 2.05) is 6.26 Å². The van der Waals surface area contributed by atoms with Crippen LogP contribution in [0.1, 0.15) is 11.6 Å². The molecule has 0 heterocycles. The van der Waals surface area contributed by atoms with Crippen molar-refractivity contribution in [2.24, 2.45) is 5.84 Å². The van der Waals surface area contributed by atoms with Crippen LogP contribution in [-0.4, -0.2) is 12.0 Å². The van der Waals surface area contributed by atoms with Gasteiger partial charge in [0, 0.05) is 5.75 Å². The Hall–Kier alpha value is -0.650. The van der Waals surface area contributed by atoms with E-state index in [2.05, 4.69) is 5.43 Å². The van der Waals surface area contributed by atoms with Gasteiger partial charge in [0.25, 0.3) is 0 Å². The van der Waals surface area contributed by atoms with Crippen LogP contribution in [0.2, 0.25) is 0 Å². The fourth-order valence-electron chi connectivity index (χ4n) is 1.14. The van der Waals surface area contributed by atoms with Crippen molar-refractivity contribution >= 4 is 11.8 Å². The molecule has 0 aliphatic rings. The monoisotopic (exact) mass is 218 g/mol. The van der Waals surface area contributed by atoms with Gasteiger partial charge >= 0.3 is 0 Å². The average molecular weight is 218 g/mol. The molecule has 14 heavy (non-hydrogen) atoms. The van der Waals surface area contributed by atoms with Crippen LogP contribution in [0.25, 0.3) is 0 Å². The third kappa shape index (κ3) is 2.67. The maximum absolute atomic E-state index is 12.9. The molecule has 5 heteroatoms. The van der Waals surface area contributed by atoms with E-state index in [-0.39, 0.29) is 6.04 Å². The molecule has 0 amide bonds. The van der Waals surface area contributed by atoms with Crippen LogP contribution in [0.15, 0.2) is 18.2 Å². The molecule has 1 aromatic rings. The Morgan fingerprint density at radius 3 is 2.64 bits per heavy atom. The van der Waals surface area contributed by atoms with E-state index in [9.17, 15) is 8.78 Å². The first-order valence-corrected chi connectivity index (χ1v) is 5.48. The summed E-state index contributed by atoms with van der Waals surface area (Å²) in [7, 11) is 0. The predicted octanol–water partition coefficient (Wildman–Crippen LogP) is 1.83. The lowest BCUT2D eigenvalue weighted by molar-refractivity contribution is 0.502. The zero-order chi connectivity index (χ0) is 10.6. The van der Waals surface area contributed by atoms with Crippen molar-refractivity contribution < 1.29 is 8.78 Å². The molecule has 1 unspecified atom stereocenters. The van der Waals surface area contributed by atoms with Gasteiger partial charge in [0.05, 0.1) is 6.04 Å². The topological polar surface area (TPSA) is 38.0 Å². The van der Waals surface area contributed by atoms with Gasteiger partial charge < -0.3 is 0 Å². The standard InChI is InChI=1S/C9H12F2N2S/c1-14-5-9(13-12)6-2-3-7(10)8(11)4-6/h2-4,9,13H,5,12H2,1H3. The Morgan fingerprint density at radius 2 is 2.14 bits per heavy atom. The molecular weight excluding hydrogens is 206 g/mol. The van der Waals surface area contributed by atoms with Gasteiger partial charge in [-0.15, -0.1) is 0 Å². The van der Waals surface area contributed by atoms with Crippen LogP contribution >= 0.6 is 11.8 Å². The van der Waals surface area contributed by atoms with E-state index < -0.39 is 11.6 Å². The number of nitrogens with two attached hydrogens (primary N) is 1. The van der Waals surface area contributed by atoms with Gasteiger partial charge in [0.1, 0.15) is 0 Å². The minimum atomic E-state index is -0.844. The quantitative estimate of drug-likeness (QED) is 0.598. The Morgan fingerprint density at radius 1 is 1.43 bits per heavy atom. The van der Waals surface area contributed by atoms with E-state index in [0.29, 0.717) is 11.3 Å². The molecule has 3 N–H and O–H groups in total. The second kappa shape index (κ2) is 5.29. The molecule has 0 saturated carbocycles. The molecule has 0 bridgehead atoms. The first-order chi connectivity index (χ1) is 6.69. The van der Waals surface area contributed by atoms with Crippen molar-refractivity contribution in [1.29, 1.82) is 0 Å². The largest absolute Gasteiger partial charge is 0.271 e. The lowest BCUT2D eigenvalue weighted by atomic mass is 10.1. The smallest absolute Gasteiger partial charge is 0.159 e. The summed E-state index contributed by atoms with van der Waals surface area (Å²) in [6, 6.07) is 3.64. The molecular formula is C9H12F2N2S. The van der Waals surface area contributed by atoms with Crippen molar-refractivity contribution in [2.75, 3.05) is 12.0 Å². The minimum absolute atomic E-state index is 0.153. The molecule has 1 rings (SSSR count).